The molecule has 1 N–H and O–H groups in total. The number of carbonyl (C=O) groups excluding carboxylic acids is 1. The van der Waals surface area contributed by atoms with Gasteiger partial charge in [0.1, 0.15) is 11.4 Å². The number of halogens is 2. The molecule has 19 heavy (non-hydrogen) atoms. The van der Waals surface area contributed by atoms with Crippen molar-refractivity contribution >= 4 is 27.5 Å². The summed E-state index contributed by atoms with van der Waals surface area (Å²) in [6.07, 6.45) is 1.53. The van der Waals surface area contributed by atoms with Crippen molar-refractivity contribution in [2.75, 3.05) is 12.4 Å². The number of hydrogen-bond acceptors (Lipinski definition) is 3. The number of nitrogens with zero attached hydrogens (tertiary/aromatic N) is 1. The van der Waals surface area contributed by atoms with Crippen LogP contribution in [-0.2, 0) is 0 Å². The Hall–Kier alpha value is -1.95. The van der Waals surface area contributed by atoms with Crippen molar-refractivity contribution in [3.63, 3.8) is 0 Å². The van der Waals surface area contributed by atoms with Crippen molar-refractivity contribution in [3.8, 4) is 5.88 Å². The molecule has 1 amide bonds. The van der Waals surface area contributed by atoms with Gasteiger partial charge < -0.3 is 10.1 Å². The van der Waals surface area contributed by atoms with Gasteiger partial charge in [0.25, 0.3) is 5.91 Å². The number of rotatable bonds is 3. The quantitative estimate of drug-likeness (QED) is 0.942. The lowest BCUT2D eigenvalue weighted by Crippen LogP contribution is -2.14. The molecule has 2 aromatic rings. The van der Waals surface area contributed by atoms with Crippen LogP contribution in [-0.4, -0.2) is 18.0 Å². The second-order valence-corrected chi connectivity index (χ2v) is 4.49. The summed E-state index contributed by atoms with van der Waals surface area (Å²) >= 11 is 3.18. The van der Waals surface area contributed by atoms with Gasteiger partial charge in [0.05, 0.1) is 12.8 Å². The number of pyridine rings is 1. The highest BCUT2D eigenvalue weighted by atomic mass is 79.9. The van der Waals surface area contributed by atoms with E-state index in [9.17, 15) is 9.18 Å². The average molecular weight is 325 g/mol. The van der Waals surface area contributed by atoms with Gasteiger partial charge in [-0.3, -0.25) is 4.79 Å². The largest absolute Gasteiger partial charge is 0.480 e. The molecular weight excluding hydrogens is 315 g/mol. The van der Waals surface area contributed by atoms with E-state index in [4.69, 9.17) is 4.74 Å². The first-order chi connectivity index (χ1) is 9.11. The minimum Gasteiger partial charge on any atom is -0.480 e. The van der Waals surface area contributed by atoms with Crippen molar-refractivity contribution in [2.24, 2.45) is 0 Å². The van der Waals surface area contributed by atoms with Crippen LogP contribution in [0.5, 0.6) is 5.88 Å². The predicted molar refractivity (Wildman–Crippen MR) is 72.8 cm³/mol. The number of methoxy groups -OCH3 is 1. The third-order valence-electron chi connectivity index (χ3n) is 2.39. The first kappa shape index (κ1) is 13.5. The van der Waals surface area contributed by atoms with Crippen LogP contribution in [0.15, 0.2) is 41.0 Å². The van der Waals surface area contributed by atoms with E-state index < -0.39 is 0 Å². The Morgan fingerprint density at radius 3 is 2.89 bits per heavy atom. The van der Waals surface area contributed by atoms with Crippen molar-refractivity contribution in [3.05, 3.63) is 52.4 Å². The summed E-state index contributed by atoms with van der Waals surface area (Å²) in [5.74, 6) is -0.528. The highest BCUT2D eigenvalue weighted by Crippen LogP contribution is 2.24. The SMILES string of the molecule is COc1ncccc1C(=O)Nc1ccc(F)cc1Br. The standard InChI is InChI=1S/C13H10BrFN2O2/c1-19-13-9(3-2-6-16-13)12(18)17-11-5-4-8(15)7-10(11)14/h2-7H,1H3,(H,17,18). The number of ether oxygens (including phenoxy) is 1. The van der Waals surface area contributed by atoms with E-state index in [1.807, 2.05) is 0 Å². The van der Waals surface area contributed by atoms with E-state index in [1.165, 1.54) is 31.5 Å². The molecule has 0 saturated heterocycles. The number of anilines is 1. The second-order valence-electron chi connectivity index (χ2n) is 3.64. The van der Waals surface area contributed by atoms with Crippen molar-refractivity contribution in [1.82, 2.24) is 4.98 Å². The summed E-state index contributed by atoms with van der Waals surface area (Å²) in [7, 11) is 1.44. The molecule has 0 aliphatic heterocycles. The Balaban J connectivity index is 2.26. The van der Waals surface area contributed by atoms with Gasteiger partial charge in [-0.25, -0.2) is 9.37 Å². The minimum atomic E-state index is -0.385. The Morgan fingerprint density at radius 1 is 1.42 bits per heavy atom. The van der Waals surface area contributed by atoms with Crippen LogP contribution < -0.4 is 10.1 Å². The molecule has 0 atom stereocenters. The van der Waals surface area contributed by atoms with Gasteiger partial charge in [-0.05, 0) is 46.3 Å². The zero-order valence-corrected chi connectivity index (χ0v) is 11.6. The molecule has 0 spiro atoms. The molecule has 0 aliphatic rings. The molecule has 0 unspecified atom stereocenters. The predicted octanol–water partition coefficient (Wildman–Crippen LogP) is 3.24. The van der Waals surface area contributed by atoms with Crippen LogP contribution in [0.1, 0.15) is 10.4 Å². The fraction of sp³-hybridized carbons (Fsp3) is 0.0769. The van der Waals surface area contributed by atoms with Gasteiger partial charge in [0, 0.05) is 10.7 Å². The Kier molecular flexibility index (Phi) is 4.11. The molecule has 1 aromatic heterocycles. The number of hydrogen-bond donors (Lipinski definition) is 1. The smallest absolute Gasteiger partial charge is 0.261 e. The molecule has 1 heterocycles. The van der Waals surface area contributed by atoms with Gasteiger partial charge in [-0.1, -0.05) is 0 Å². The van der Waals surface area contributed by atoms with Crippen molar-refractivity contribution in [2.45, 2.75) is 0 Å². The van der Waals surface area contributed by atoms with Crippen LogP contribution in [0, 0.1) is 5.82 Å². The van der Waals surface area contributed by atoms with E-state index in [0.29, 0.717) is 15.7 Å². The van der Waals surface area contributed by atoms with Gasteiger partial charge in [0.2, 0.25) is 5.88 Å². The lowest BCUT2D eigenvalue weighted by molar-refractivity contribution is 0.102. The molecule has 0 bridgehead atoms. The van der Waals surface area contributed by atoms with Gasteiger partial charge in [-0.15, -0.1) is 0 Å². The summed E-state index contributed by atoms with van der Waals surface area (Å²) in [6, 6.07) is 7.24. The third-order valence-corrected chi connectivity index (χ3v) is 3.04. The molecule has 0 radical (unpaired) electrons. The maximum absolute atomic E-state index is 13.0. The summed E-state index contributed by atoms with van der Waals surface area (Å²) < 4.78 is 18.4. The van der Waals surface area contributed by atoms with Crippen molar-refractivity contribution in [1.29, 1.82) is 0 Å². The van der Waals surface area contributed by atoms with Crippen LogP contribution in [0.25, 0.3) is 0 Å². The molecule has 2 rings (SSSR count). The maximum Gasteiger partial charge on any atom is 0.261 e. The van der Waals surface area contributed by atoms with Gasteiger partial charge in [0.15, 0.2) is 0 Å². The van der Waals surface area contributed by atoms with E-state index in [1.54, 1.807) is 12.1 Å². The lowest BCUT2D eigenvalue weighted by Gasteiger charge is -2.09. The molecule has 0 aliphatic carbocycles. The Morgan fingerprint density at radius 2 is 2.21 bits per heavy atom. The fourth-order valence-corrected chi connectivity index (χ4v) is 1.96. The maximum atomic E-state index is 13.0. The minimum absolute atomic E-state index is 0.234. The first-order valence-corrected chi connectivity index (χ1v) is 6.16. The van der Waals surface area contributed by atoms with E-state index >= 15 is 0 Å². The third kappa shape index (κ3) is 3.08. The van der Waals surface area contributed by atoms with E-state index in [0.717, 1.165) is 0 Å². The van der Waals surface area contributed by atoms with Crippen LogP contribution in [0.2, 0.25) is 0 Å². The summed E-state index contributed by atoms with van der Waals surface area (Å²) in [4.78, 5) is 16.0. The molecule has 98 valence electrons. The highest BCUT2D eigenvalue weighted by molar-refractivity contribution is 9.10. The summed E-state index contributed by atoms with van der Waals surface area (Å²) in [5.41, 5.74) is 0.776. The summed E-state index contributed by atoms with van der Waals surface area (Å²) in [6.45, 7) is 0. The number of benzene rings is 1. The number of nitrogens with one attached hydrogen (secondary N) is 1. The second kappa shape index (κ2) is 5.79. The Bertz CT molecular complexity index is 619. The summed E-state index contributed by atoms with van der Waals surface area (Å²) in [5, 5.41) is 2.66. The molecule has 4 nitrogen and oxygen atoms in total. The zero-order chi connectivity index (χ0) is 13.8. The monoisotopic (exact) mass is 324 g/mol. The average Bonchev–Trinajstić information content (AvgIpc) is 2.41. The van der Waals surface area contributed by atoms with Crippen LogP contribution in [0.3, 0.4) is 0 Å². The van der Waals surface area contributed by atoms with Crippen molar-refractivity contribution < 1.29 is 13.9 Å². The topological polar surface area (TPSA) is 51.2 Å². The number of carbonyl (C=O) groups is 1. The lowest BCUT2D eigenvalue weighted by atomic mass is 10.2. The highest BCUT2D eigenvalue weighted by Gasteiger charge is 2.14. The van der Waals surface area contributed by atoms with E-state index in [2.05, 4.69) is 26.2 Å². The molecule has 0 saturated carbocycles. The number of aromatic nitrogens is 1. The van der Waals surface area contributed by atoms with E-state index in [-0.39, 0.29) is 17.6 Å². The molecule has 0 fully saturated rings. The molecular formula is C13H10BrFN2O2. The first-order valence-electron chi connectivity index (χ1n) is 5.37. The normalized spacial score (nSPS) is 10.1. The zero-order valence-electron chi connectivity index (χ0n) is 9.98. The molecule has 1 aromatic carbocycles. The fourth-order valence-electron chi connectivity index (χ4n) is 1.51. The van der Waals surface area contributed by atoms with Gasteiger partial charge in [-0.2, -0.15) is 0 Å². The Labute approximate surface area is 117 Å². The van der Waals surface area contributed by atoms with Crippen LogP contribution in [0.4, 0.5) is 10.1 Å². The van der Waals surface area contributed by atoms with Crippen LogP contribution >= 0.6 is 15.9 Å². The molecule has 6 heteroatoms. The number of amides is 1. The van der Waals surface area contributed by atoms with Gasteiger partial charge >= 0.3 is 0 Å².